The number of rotatable bonds is 6. The van der Waals surface area contributed by atoms with Gasteiger partial charge in [-0.1, -0.05) is 22.7 Å². The van der Waals surface area contributed by atoms with Gasteiger partial charge in [0, 0.05) is 12.2 Å². The molecular formula is C18H15F2N5OS2. The number of nitrogens with two attached hydrogens (primary N) is 1. The summed E-state index contributed by atoms with van der Waals surface area (Å²) >= 11 is 6.32. The molecule has 3 aromatic rings. The molecule has 0 saturated heterocycles. The van der Waals surface area contributed by atoms with E-state index in [1.165, 1.54) is 12.1 Å². The average Bonchev–Trinajstić information content (AvgIpc) is 3.15. The van der Waals surface area contributed by atoms with Gasteiger partial charge in [-0.2, -0.15) is 0 Å². The van der Waals surface area contributed by atoms with Crippen molar-refractivity contribution in [1.29, 1.82) is 0 Å². The molecule has 3 rings (SSSR count). The molecule has 0 atom stereocenters. The van der Waals surface area contributed by atoms with Gasteiger partial charge in [-0.15, -0.1) is 5.10 Å². The molecule has 0 bridgehead atoms. The smallest absolute Gasteiger partial charge is 0.270 e. The van der Waals surface area contributed by atoms with Crippen LogP contribution in [-0.2, 0) is 6.42 Å². The summed E-state index contributed by atoms with van der Waals surface area (Å²) < 4.78 is 29.9. The van der Waals surface area contributed by atoms with Crippen LogP contribution in [-0.4, -0.2) is 27.2 Å². The van der Waals surface area contributed by atoms with Crippen LogP contribution >= 0.6 is 23.8 Å². The molecular weight excluding hydrogens is 404 g/mol. The Kier molecular flexibility index (Phi) is 6.22. The van der Waals surface area contributed by atoms with Crippen LogP contribution in [0.3, 0.4) is 0 Å². The van der Waals surface area contributed by atoms with E-state index in [0.29, 0.717) is 28.5 Å². The van der Waals surface area contributed by atoms with E-state index >= 15 is 0 Å². The minimum absolute atomic E-state index is 0.139. The zero-order valence-electron chi connectivity index (χ0n) is 14.4. The van der Waals surface area contributed by atoms with Crippen molar-refractivity contribution in [3.8, 4) is 10.4 Å². The van der Waals surface area contributed by atoms with E-state index in [9.17, 15) is 13.6 Å². The number of halogens is 2. The summed E-state index contributed by atoms with van der Waals surface area (Å²) in [4.78, 5) is 12.0. The minimum Gasteiger partial charge on any atom is -0.364 e. The van der Waals surface area contributed by atoms with Crippen LogP contribution in [0.1, 0.15) is 16.1 Å². The maximum atomic E-state index is 13.2. The number of anilines is 1. The number of benzene rings is 2. The first kappa shape index (κ1) is 19.8. The minimum atomic E-state index is -0.867. The van der Waals surface area contributed by atoms with Crippen molar-refractivity contribution in [2.24, 2.45) is 5.73 Å². The molecule has 0 aliphatic rings. The monoisotopic (exact) mass is 419 g/mol. The lowest BCUT2D eigenvalue weighted by Crippen LogP contribution is -2.30. The van der Waals surface area contributed by atoms with Crippen molar-refractivity contribution >= 4 is 40.5 Å². The molecule has 1 heterocycles. The summed E-state index contributed by atoms with van der Waals surface area (Å²) in [7, 11) is 0. The molecule has 10 heteroatoms. The average molecular weight is 419 g/mol. The van der Waals surface area contributed by atoms with E-state index in [-0.39, 0.29) is 5.69 Å². The van der Waals surface area contributed by atoms with Crippen LogP contribution in [0.5, 0.6) is 0 Å². The number of carbonyl (C=O) groups excluding carboxylic acids is 1. The third kappa shape index (κ3) is 4.84. The van der Waals surface area contributed by atoms with Crippen molar-refractivity contribution < 1.29 is 13.6 Å². The number of carbonyl (C=O) groups is 1. The molecule has 0 aliphatic carbocycles. The zero-order chi connectivity index (χ0) is 20.1. The van der Waals surface area contributed by atoms with Gasteiger partial charge < -0.3 is 16.4 Å². The highest BCUT2D eigenvalue weighted by Crippen LogP contribution is 2.27. The Morgan fingerprint density at radius 1 is 1.14 bits per heavy atom. The van der Waals surface area contributed by atoms with Crippen LogP contribution in [0, 0.1) is 11.6 Å². The number of amides is 1. The van der Waals surface area contributed by atoms with Crippen molar-refractivity contribution in [2.75, 3.05) is 11.9 Å². The van der Waals surface area contributed by atoms with E-state index in [1.54, 1.807) is 24.3 Å². The van der Waals surface area contributed by atoms with E-state index in [1.807, 2.05) is 0 Å². The molecule has 0 aliphatic heterocycles. The van der Waals surface area contributed by atoms with Crippen molar-refractivity contribution in [3.63, 3.8) is 0 Å². The molecule has 0 saturated carbocycles. The molecule has 0 fully saturated rings. The maximum absolute atomic E-state index is 13.2. The zero-order valence-corrected chi connectivity index (χ0v) is 16.0. The Balaban J connectivity index is 1.53. The van der Waals surface area contributed by atoms with Crippen LogP contribution in [0.25, 0.3) is 10.4 Å². The molecule has 4 N–H and O–H groups in total. The third-order valence-electron chi connectivity index (χ3n) is 3.81. The molecule has 1 amide bonds. The Morgan fingerprint density at radius 2 is 1.89 bits per heavy atom. The lowest BCUT2D eigenvalue weighted by Gasteiger charge is -2.11. The summed E-state index contributed by atoms with van der Waals surface area (Å²) in [6.07, 6.45) is 0.492. The number of hydrogen-bond acceptors (Lipinski definition) is 5. The van der Waals surface area contributed by atoms with Gasteiger partial charge in [0.25, 0.3) is 5.91 Å². The summed E-state index contributed by atoms with van der Waals surface area (Å²) in [6, 6.07) is 11.0. The van der Waals surface area contributed by atoms with E-state index in [2.05, 4.69) is 20.2 Å². The maximum Gasteiger partial charge on any atom is 0.270 e. The van der Waals surface area contributed by atoms with Crippen molar-refractivity contribution in [3.05, 3.63) is 65.4 Å². The summed E-state index contributed by atoms with van der Waals surface area (Å²) in [5.41, 5.74) is 7.60. The van der Waals surface area contributed by atoms with Crippen LogP contribution in [0.4, 0.5) is 14.5 Å². The lowest BCUT2D eigenvalue weighted by molar-refractivity contribution is 0.0996. The molecule has 144 valence electrons. The van der Waals surface area contributed by atoms with Gasteiger partial charge in [-0.3, -0.25) is 4.79 Å². The summed E-state index contributed by atoms with van der Waals surface area (Å²) in [6.45, 7) is 0.462. The van der Waals surface area contributed by atoms with Crippen LogP contribution in [0.15, 0.2) is 42.5 Å². The van der Waals surface area contributed by atoms with E-state index in [0.717, 1.165) is 28.8 Å². The van der Waals surface area contributed by atoms with Crippen LogP contribution < -0.4 is 16.4 Å². The van der Waals surface area contributed by atoms with Gasteiger partial charge in [0.2, 0.25) is 0 Å². The fourth-order valence-electron chi connectivity index (χ4n) is 2.44. The Hall–Kier alpha value is -2.98. The van der Waals surface area contributed by atoms with Gasteiger partial charge >= 0.3 is 0 Å². The molecule has 0 spiro atoms. The lowest BCUT2D eigenvalue weighted by atomic mass is 10.1. The second kappa shape index (κ2) is 8.81. The molecule has 28 heavy (non-hydrogen) atoms. The Labute approximate surface area is 168 Å². The second-order valence-corrected chi connectivity index (χ2v) is 6.93. The number of nitrogens with one attached hydrogen (secondary N) is 2. The predicted molar refractivity (Wildman–Crippen MR) is 108 cm³/mol. The van der Waals surface area contributed by atoms with Crippen molar-refractivity contribution in [1.82, 2.24) is 14.9 Å². The van der Waals surface area contributed by atoms with Gasteiger partial charge in [0.1, 0.15) is 0 Å². The topological polar surface area (TPSA) is 92.9 Å². The first-order valence-electron chi connectivity index (χ1n) is 8.15. The Bertz CT molecular complexity index is 1010. The fourth-order valence-corrected chi connectivity index (χ4v) is 3.33. The fraction of sp³-hybridized carbons (Fsp3) is 0.111. The van der Waals surface area contributed by atoms with E-state index < -0.39 is 17.5 Å². The summed E-state index contributed by atoms with van der Waals surface area (Å²) in [5.74, 6) is -2.36. The highest BCUT2D eigenvalue weighted by atomic mass is 32.1. The number of hydrogen-bond donors (Lipinski definition) is 3. The SMILES string of the molecule is NC(=O)c1nnsc1-c1ccc(NC(=S)NCCc2ccc(F)c(F)c2)cc1. The predicted octanol–water partition coefficient (Wildman–Crippen LogP) is 3.11. The van der Waals surface area contributed by atoms with Gasteiger partial charge in [0.15, 0.2) is 22.4 Å². The van der Waals surface area contributed by atoms with Crippen molar-refractivity contribution in [2.45, 2.75) is 6.42 Å². The van der Waals surface area contributed by atoms with Gasteiger partial charge in [0.05, 0.1) is 4.88 Å². The van der Waals surface area contributed by atoms with Gasteiger partial charge in [-0.05, 0) is 65.6 Å². The van der Waals surface area contributed by atoms with E-state index in [4.69, 9.17) is 18.0 Å². The number of nitrogens with zero attached hydrogens (tertiary/aromatic N) is 2. The molecule has 1 aromatic heterocycles. The first-order valence-corrected chi connectivity index (χ1v) is 9.33. The molecule has 6 nitrogen and oxygen atoms in total. The van der Waals surface area contributed by atoms with Crippen LogP contribution in [0.2, 0.25) is 0 Å². The Morgan fingerprint density at radius 3 is 2.57 bits per heavy atom. The largest absolute Gasteiger partial charge is 0.364 e. The highest BCUT2D eigenvalue weighted by Gasteiger charge is 2.15. The van der Waals surface area contributed by atoms with Gasteiger partial charge in [-0.25, -0.2) is 8.78 Å². The standard InChI is InChI=1S/C18H15F2N5OS2/c19-13-6-1-10(9-14(13)20)7-8-22-18(27)23-12-4-2-11(3-5-12)16-15(17(21)26)24-25-28-16/h1-6,9H,7-8H2,(H2,21,26)(H2,22,23,27). The quantitative estimate of drug-likeness (QED) is 0.532. The number of thiocarbonyl (C=S) groups is 1. The molecule has 2 aromatic carbocycles. The first-order chi connectivity index (χ1) is 13.4. The summed E-state index contributed by atoms with van der Waals surface area (Å²) in [5, 5.41) is 10.2. The second-order valence-electron chi connectivity index (χ2n) is 5.77. The normalized spacial score (nSPS) is 10.5. The number of aromatic nitrogens is 2. The third-order valence-corrected chi connectivity index (χ3v) is 4.83. The number of primary amides is 1. The molecule has 0 radical (unpaired) electrons. The highest BCUT2D eigenvalue weighted by molar-refractivity contribution is 7.80. The molecule has 0 unspecified atom stereocenters.